The number of hydrogen-bond acceptors (Lipinski definition) is 3. The number of nitrogens with zero attached hydrogens (tertiary/aromatic N) is 1. The number of fused-ring (bicyclic) bond motifs is 1. The van der Waals surface area contributed by atoms with Gasteiger partial charge in [-0.3, -0.25) is 4.98 Å². The quantitative estimate of drug-likeness (QED) is 0.766. The van der Waals surface area contributed by atoms with E-state index in [1.165, 1.54) is 0 Å². The van der Waals surface area contributed by atoms with Gasteiger partial charge in [-0.15, -0.1) is 0 Å². The van der Waals surface area contributed by atoms with Crippen LogP contribution in [0.4, 0.5) is 5.69 Å². The summed E-state index contributed by atoms with van der Waals surface area (Å²) in [4.78, 5) is 15.4. The van der Waals surface area contributed by atoms with Crippen molar-refractivity contribution in [2.45, 2.75) is 6.54 Å². The van der Waals surface area contributed by atoms with Gasteiger partial charge >= 0.3 is 5.97 Å². The van der Waals surface area contributed by atoms with Crippen molar-refractivity contribution in [2.24, 2.45) is 0 Å². The SMILES string of the molecule is O=C(O)c1ccc(NCc2cccnc2)c2ccccc12. The predicted molar refractivity (Wildman–Crippen MR) is 82.5 cm³/mol. The molecule has 0 spiro atoms. The second-order valence-electron chi connectivity index (χ2n) is 4.73. The molecule has 0 atom stereocenters. The minimum atomic E-state index is -0.912. The van der Waals surface area contributed by atoms with Crippen LogP contribution in [0.15, 0.2) is 60.9 Å². The molecule has 3 aromatic rings. The average molecular weight is 278 g/mol. The lowest BCUT2D eigenvalue weighted by molar-refractivity contribution is 0.0699. The van der Waals surface area contributed by atoms with E-state index in [2.05, 4.69) is 10.3 Å². The summed E-state index contributed by atoms with van der Waals surface area (Å²) >= 11 is 0. The first-order valence-corrected chi connectivity index (χ1v) is 6.63. The Balaban J connectivity index is 1.96. The van der Waals surface area contributed by atoms with Crippen molar-refractivity contribution in [3.8, 4) is 0 Å². The van der Waals surface area contributed by atoms with Crippen LogP contribution < -0.4 is 5.32 Å². The van der Waals surface area contributed by atoms with Crippen LogP contribution in [0.1, 0.15) is 15.9 Å². The molecule has 1 aromatic heterocycles. The van der Waals surface area contributed by atoms with Crippen LogP contribution in [0.5, 0.6) is 0 Å². The number of pyridine rings is 1. The number of nitrogens with one attached hydrogen (secondary N) is 1. The number of aromatic carboxylic acids is 1. The molecule has 4 nitrogen and oxygen atoms in total. The second-order valence-corrected chi connectivity index (χ2v) is 4.73. The molecule has 1 heterocycles. The number of carboxylic acid groups (broad SMARTS) is 1. The molecule has 0 unspecified atom stereocenters. The first-order valence-electron chi connectivity index (χ1n) is 6.63. The first-order chi connectivity index (χ1) is 10.3. The molecule has 0 bridgehead atoms. The lowest BCUT2D eigenvalue weighted by Gasteiger charge is -2.11. The lowest BCUT2D eigenvalue weighted by Crippen LogP contribution is -2.03. The zero-order valence-corrected chi connectivity index (χ0v) is 11.3. The smallest absolute Gasteiger partial charge is 0.336 e. The van der Waals surface area contributed by atoms with Gasteiger partial charge in [0.2, 0.25) is 0 Å². The van der Waals surface area contributed by atoms with Gasteiger partial charge in [0.05, 0.1) is 5.56 Å². The van der Waals surface area contributed by atoms with Gasteiger partial charge in [-0.2, -0.15) is 0 Å². The normalized spacial score (nSPS) is 10.5. The van der Waals surface area contributed by atoms with Gasteiger partial charge in [0.25, 0.3) is 0 Å². The third kappa shape index (κ3) is 2.69. The van der Waals surface area contributed by atoms with E-state index in [1.807, 2.05) is 42.5 Å². The van der Waals surface area contributed by atoms with Crippen molar-refractivity contribution in [2.75, 3.05) is 5.32 Å². The highest BCUT2D eigenvalue weighted by Crippen LogP contribution is 2.27. The average Bonchev–Trinajstić information content (AvgIpc) is 2.53. The first kappa shape index (κ1) is 13.1. The number of rotatable bonds is 4. The zero-order valence-electron chi connectivity index (χ0n) is 11.3. The minimum Gasteiger partial charge on any atom is -0.478 e. The summed E-state index contributed by atoms with van der Waals surface area (Å²) < 4.78 is 0. The molecule has 104 valence electrons. The van der Waals surface area contributed by atoms with Crippen LogP contribution in [0.25, 0.3) is 10.8 Å². The molecule has 0 saturated heterocycles. The Morgan fingerprint density at radius 1 is 1.05 bits per heavy atom. The Morgan fingerprint density at radius 3 is 2.57 bits per heavy atom. The van der Waals surface area contributed by atoms with Gasteiger partial charge in [0, 0.05) is 30.0 Å². The van der Waals surface area contributed by atoms with Crippen LogP contribution in [0, 0.1) is 0 Å². The standard InChI is InChI=1S/C17H14N2O2/c20-17(21)15-7-8-16(14-6-2-1-5-13(14)15)19-11-12-4-3-9-18-10-12/h1-10,19H,11H2,(H,20,21). The molecule has 2 aromatic carbocycles. The van der Waals surface area contributed by atoms with Crippen LogP contribution in [-0.2, 0) is 6.54 Å². The summed E-state index contributed by atoms with van der Waals surface area (Å²) in [6.45, 7) is 0.643. The van der Waals surface area contributed by atoms with Gasteiger partial charge < -0.3 is 10.4 Å². The van der Waals surface area contributed by atoms with Gasteiger partial charge in [-0.05, 0) is 29.1 Å². The predicted octanol–water partition coefficient (Wildman–Crippen LogP) is 3.55. The molecule has 0 amide bonds. The Labute approximate surface area is 122 Å². The fraction of sp³-hybridized carbons (Fsp3) is 0.0588. The maximum absolute atomic E-state index is 11.3. The molecule has 0 radical (unpaired) electrons. The lowest BCUT2D eigenvalue weighted by atomic mass is 10.0. The van der Waals surface area contributed by atoms with E-state index < -0.39 is 5.97 Å². The van der Waals surface area contributed by atoms with E-state index in [4.69, 9.17) is 0 Å². The summed E-state index contributed by atoms with van der Waals surface area (Å²) in [6.07, 6.45) is 3.54. The van der Waals surface area contributed by atoms with Crippen molar-refractivity contribution in [3.63, 3.8) is 0 Å². The molecule has 3 rings (SSSR count). The summed E-state index contributed by atoms with van der Waals surface area (Å²) in [5, 5.41) is 14.2. The molecule has 0 aliphatic rings. The van der Waals surface area contributed by atoms with E-state index in [0.29, 0.717) is 12.1 Å². The van der Waals surface area contributed by atoms with Crippen LogP contribution in [0.3, 0.4) is 0 Å². The molecule has 0 aliphatic heterocycles. The molecule has 4 heteroatoms. The zero-order chi connectivity index (χ0) is 14.7. The monoisotopic (exact) mass is 278 g/mol. The number of anilines is 1. The molecular formula is C17H14N2O2. The highest BCUT2D eigenvalue weighted by molar-refractivity contribution is 6.07. The van der Waals surface area contributed by atoms with E-state index >= 15 is 0 Å². The van der Waals surface area contributed by atoms with E-state index in [1.54, 1.807) is 18.5 Å². The highest BCUT2D eigenvalue weighted by atomic mass is 16.4. The van der Waals surface area contributed by atoms with Crippen molar-refractivity contribution in [3.05, 3.63) is 72.1 Å². The minimum absolute atomic E-state index is 0.317. The summed E-state index contributed by atoms with van der Waals surface area (Å²) in [7, 11) is 0. The van der Waals surface area contributed by atoms with E-state index in [0.717, 1.165) is 22.0 Å². The van der Waals surface area contributed by atoms with Crippen molar-refractivity contribution in [1.82, 2.24) is 4.98 Å². The van der Waals surface area contributed by atoms with Crippen LogP contribution >= 0.6 is 0 Å². The Hall–Kier alpha value is -2.88. The summed E-state index contributed by atoms with van der Waals surface area (Å²) in [5.41, 5.74) is 2.31. The topological polar surface area (TPSA) is 62.2 Å². The summed E-state index contributed by atoms with van der Waals surface area (Å²) in [6, 6.07) is 14.8. The molecule has 0 fully saturated rings. The van der Waals surface area contributed by atoms with Crippen molar-refractivity contribution >= 4 is 22.4 Å². The molecule has 0 saturated carbocycles. The summed E-state index contributed by atoms with van der Waals surface area (Å²) in [5.74, 6) is -0.912. The molecule has 0 aliphatic carbocycles. The molecular weight excluding hydrogens is 264 g/mol. The van der Waals surface area contributed by atoms with E-state index in [9.17, 15) is 9.90 Å². The number of benzene rings is 2. The van der Waals surface area contributed by atoms with Gasteiger partial charge in [0.15, 0.2) is 0 Å². The third-order valence-corrected chi connectivity index (χ3v) is 3.36. The third-order valence-electron chi connectivity index (χ3n) is 3.36. The number of hydrogen-bond donors (Lipinski definition) is 2. The Kier molecular flexibility index (Phi) is 3.51. The van der Waals surface area contributed by atoms with Gasteiger partial charge in [-0.1, -0.05) is 30.3 Å². The van der Waals surface area contributed by atoms with E-state index in [-0.39, 0.29) is 0 Å². The van der Waals surface area contributed by atoms with Gasteiger partial charge in [0.1, 0.15) is 0 Å². The van der Waals surface area contributed by atoms with Gasteiger partial charge in [-0.25, -0.2) is 4.79 Å². The largest absolute Gasteiger partial charge is 0.478 e. The Morgan fingerprint density at radius 2 is 1.86 bits per heavy atom. The van der Waals surface area contributed by atoms with Crippen LogP contribution in [0.2, 0.25) is 0 Å². The fourth-order valence-corrected chi connectivity index (χ4v) is 2.34. The number of aromatic nitrogens is 1. The highest BCUT2D eigenvalue weighted by Gasteiger charge is 2.10. The Bertz CT molecular complexity index is 785. The van der Waals surface area contributed by atoms with Crippen LogP contribution in [-0.4, -0.2) is 16.1 Å². The second kappa shape index (κ2) is 5.63. The molecule has 2 N–H and O–H groups in total. The fourth-order valence-electron chi connectivity index (χ4n) is 2.34. The maximum Gasteiger partial charge on any atom is 0.336 e. The number of carbonyl (C=O) groups is 1. The van der Waals surface area contributed by atoms with Crippen molar-refractivity contribution in [1.29, 1.82) is 0 Å². The number of carboxylic acids is 1. The maximum atomic E-state index is 11.3. The van der Waals surface area contributed by atoms with Crippen molar-refractivity contribution < 1.29 is 9.90 Å². The molecule has 21 heavy (non-hydrogen) atoms.